The first-order chi connectivity index (χ1) is 15.3. The molecule has 1 aliphatic heterocycles. The molecular formula is C24H16BrF2NO4. The number of nitrogens with zero attached hydrogens (tertiary/aromatic N) is 1. The normalized spacial score (nSPS) is 17.6. The molecule has 8 heteroatoms. The van der Waals surface area contributed by atoms with Crippen LogP contribution in [-0.2, 0) is 9.59 Å². The van der Waals surface area contributed by atoms with Gasteiger partial charge in [-0.15, -0.1) is 0 Å². The van der Waals surface area contributed by atoms with Crippen LogP contribution in [-0.4, -0.2) is 23.9 Å². The van der Waals surface area contributed by atoms with Crippen LogP contribution in [0.2, 0.25) is 0 Å². The van der Waals surface area contributed by atoms with Gasteiger partial charge in [-0.1, -0.05) is 30.3 Å². The van der Waals surface area contributed by atoms with Crippen molar-refractivity contribution in [3.63, 3.8) is 0 Å². The quantitative estimate of drug-likeness (QED) is 0.298. The summed E-state index contributed by atoms with van der Waals surface area (Å²) in [7, 11) is 1.48. The summed E-state index contributed by atoms with van der Waals surface area (Å²) in [5.74, 6) is -3.74. The zero-order chi connectivity index (χ0) is 23.0. The number of rotatable bonds is 4. The summed E-state index contributed by atoms with van der Waals surface area (Å²) in [6, 6.07) is 14.7. The van der Waals surface area contributed by atoms with Crippen molar-refractivity contribution in [3.05, 3.63) is 99.5 Å². The van der Waals surface area contributed by atoms with Crippen molar-refractivity contribution >= 4 is 39.1 Å². The van der Waals surface area contributed by atoms with Gasteiger partial charge in [-0.3, -0.25) is 14.5 Å². The van der Waals surface area contributed by atoms with Crippen molar-refractivity contribution < 1.29 is 28.2 Å². The highest BCUT2D eigenvalue weighted by atomic mass is 79.9. The summed E-state index contributed by atoms with van der Waals surface area (Å²) in [5, 5.41) is 11.1. The molecule has 1 aliphatic rings. The second-order valence-corrected chi connectivity index (χ2v) is 7.88. The Hall–Kier alpha value is -3.52. The minimum Gasteiger partial charge on any atom is -0.507 e. The molecule has 1 unspecified atom stereocenters. The van der Waals surface area contributed by atoms with E-state index in [9.17, 15) is 23.5 Å². The predicted octanol–water partition coefficient (Wildman–Crippen LogP) is 5.36. The van der Waals surface area contributed by atoms with Crippen LogP contribution in [0.4, 0.5) is 14.5 Å². The van der Waals surface area contributed by atoms with Crippen LogP contribution in [0, 0.1) is 11.6 Å². The van der Waals surface area contributed by atoms with Crippen molar-refractivity contribution in [3.8, 4) is 5.75 Å². The maximum atomic E-state index is 14.6. The lowest BCUT2D eigenvalue weighted by Gasteiger charge is -2.25. The van der Waals surface area contributed by atoms with Crippen LogP contribution in [0.3, 0.4) is 0 Å². The molecule has 4 rings (SSSR count). The number of ketones is 1. The Balaban J connectivity index is 1.95. The number of halogens is 3. The zero-order valence-corrected chi connectivity index (χ0v) is 18.3. The van der Waals surface area contributed by atoms with Gasteiger partial charge in [0.25, 0.3) is 11.7 Å². The fourth-order valence-electron chi connectivity index (χ4n) is 3.68. The molecule has 3 aromatic rings. The number of benzene rings is 3. The van der Waals surface area contributed by atoms with Crippen LogP contribution in [0.1, 0.15) is 17.2 Å². The molecule has 1 fully saturated rings. The Labute approximate surface area is 190 Å². The lowest BCUT2D eigenvalue weighted by Crippen LogP contribution is -2.30. The third kappa shape index (κ3) is 3.67. The van der Waals surface area contributed by atoms with Crippen molar-refractivity contribution in [1.29, 1.82) is 0 Å². The van der Waals surface area contributed by atoms with Crippen LogP contribution in [0.25, 0.3) is 5.76 Å². The second-order valence-electron chi connectivity index (χ2n) is 7.02. The van der Waals surface area contributed by atoms with E-state index >= 15 is 0 Å². The predicted molar refractivity (Wildman–Crippen MR) is 118 cm³/mol. The van der Waals surface area contributed by atoms with E-state index in [0.717, 1.165) is 17.0 Å². The maximum Gasteiger partial charge on any atom is 0.300 e. The second kappa shape index (κ2) is 8.55. The lowest BCUT2D eigenvalue weighted by molar-refractivity contribution is -0.132. The molecule has 0 saturated carbocycles. The summed E-state index contributed by atoms with van der Waals surface area (Å²) in [6.07, 6.45) is 0. The van der Waals surface area contributed by atoms with E-state index in [1.54, 1.807) is 42.5 Å². The highest BCUT2D eigenvalue weighted by Gasteiger charge is 2.47. The van der Waals surface area contributed by atoms with E-state index < -0.39 is 35.1 Å². The molecule has 1 saturated heterocycles. The largest absolute Gasteiger partial charge is 0.507 e. The van der Waals surface area contributed by atoms with Gasteiger partial charge in [0.15, 0.2) is 0 Å². The van der Waals surface area contributed by atoms with Crippen LogP contribution < -0.4 is 9.64 Å². The molecular weight excluding hydrogens is 484 g/mol. The standard InChI is InChI=1S/C24H16BrF2NO4/c1-32-19-10-7-14(11-16(19)25)22(29)20-21(13-5-3-2-4-6-13)28(24(31)23(20)30)18-9-8-15(26)12-17(18)27/h2-12,21,29H,1H3/b22-20+. The average Bonchev–Trinajstić information content (AvgIpc) is 3.04. The molecule has 5 nitrogen and oxygen atoms in total. The van der Waals surface area contributed by atoms with Gasteiger partial charge in [0, 0.05) is 11.6 Å². The first-order valence-corrected chi connectivity index (χ1v) is 10.3. The van der Waals surface area contributed by atoms with Gasteiger partial charge in [-0.25, -0.2) is 8.78 Å². The SMILES string of the molecule is COc1ccc(/C(O)=C2\C(=O)C(=O)N(c3ccc(F)cc3F)C2c2ccccc2)cc1Br. The van der Waals surface area contributed by atoms with E-state index in [0.29, 0.717) is 21.9 Å². The molecule has 162 valence electrons. The van der Waals surface area contributed by atoms with E-state index in [1.165, 1.54) is 13.2 Å². The van der Waals surface area contributed by atoms with E-state index in [1.807, 2.05) is 0 Å². The van der Waals surface area contributed by atoms with Gasteiger partial charge in [0.2, 0.25) is 0 Å². The summed E-state index contributed by atoms with van der Waals surface area (Å²) in [4.78, 5) is 27.0. The minimum atomic E-state index is -1.11. The fraction of sp³-hybridized carbons (Fsp3) is 0.0833. The number of aliphatic hydroxyl groups excluding tert-OH is 1. The van der Waals surface area contributed by atoms with Gasteiger partial charge < -0.3 is 9.84 Å². The Kier molecular flexibility index (Phi) is 5.80. The number of hydrogen-bond donors (Lipinski definition) is 1. The minimum absolute atomic E-state index is 0.206. The summed E-state index contributed by atoms with van der Waals surface area (Å²) in [5.41, 5.74) is 0.264. The Morgan fingerprint density at radius 2 is 1.75 bits per heavy atom. The van der Waals surface area contributed by atoms with E-state index in [-0.39, 0.29) is 16.8 Å². The van der Waals surface area contributed by atoms with Gasteiger partial charge in [0.1, 0.15) is 23.1 Å². The van der Waals surface area contributed by atoms with Crippen LogP contribution in [0.15, 0.2) is 76.8 Å². The molecule has 1 N–H and O–H groups in total. The Morgan fingerprint density at radius 3 is 2.38 bits per heavy atom. The molecule has 1 heterocycles. The maximum absolute atomic E-state index is 14.6. The number of ether oxygens (including phenoxy) is 1. The smallest absolute Gasteiger partial charge is 0.300 e. The molecule has 1 amide bonds. The third-order valence-corrected chi connectivity index (χ3v) is 5.77. The number of anilines is 1. The average molecular weight is 500 g/mol. The highest BCUT2D eigenvalue weighted by Crippen LogP contribution is 2.43. The number of hydrogen-bond acceptors (Lipinski definition) is 4. The molecule has 32 heavy (non-hydrogen) atoms. The summed E-state index contributed by atoms with van der Waals surface area (Å²) in [6.45, 7) is 0. The van der Waals surface area contributed by atoms with Crippen LogP contribution in [0.5, 0.6) is 5.75 Å². The first-order valence-electron chi connectivity index (χ1n) is 9.48. The first kappa shape index (κ1) is 21.7. The highest BCUT2D eigenvalue weighted by molar-refractivity contribution is 9.10. The van der Waals surface area contributed by atoms with Crippen LogP contribution >= 0.6 is 15.9 Å². The Bertz CT molecular complexity index is 1260. The van der Waals surface area contributed by atoms with Crippen molar-refractivity contribution in [2.45, 2.75) is 6.04 Å². The Morgan fingerprint density at radius 1 is 1.03 bits per heavy atom. The molecule has 0 radical (unpaired) electrons. The van der Waals surface area contributed by atoms with Gasteiger partial charge in [-0.2, -0.15) is 0 Å². The number of amides is 1. The number of aliphatic hydroxyl groups is 1. The number of Topliss-reactive ketones (excluding diaryl/α,β-unsaturated/α-hetero) is 1. The van der Waals surface area contributed by atoms with Gasteiger partial charge in [0.05, 0.1) is 28.9 Å². The van der Waals surface area contributed by atoms with Crippen molar-refractivity contribution in [2.75, 3.05) is 12.0 Å². The third-order valence-electron chi connectivity index (χ3n) is 5.15. The van der Waals surface area contributed by atoms with E-state index in [2.05, 4.69) is 15.9 Å². The number of carbonyl (C=O) groups is 2. The monoisotopic (exact) mass is 499 g/mol. The molecule has 0 bridgehead atoms. The summed E-state index contributed by atoms with van der Waals surface area (Å²) < 4.78 is 33.8. The topological polar surface area (TPSA) is 66.8 Å². The molecule has 3 aromatic carbocycles. The van der Waals surface area contributed by atoms with Gasteiger partial charge in [-0.05, 0) is 51.8 Å². The van der Waals surface area contributed by atoms with E-state index in [4.69, 9.17) is 4.74 Å². The lowest BCUT2D eigenvalue weighted by atomic mass is 9.95. The summed E-state index contributed by atoms with van der Waals surface area (Å²) >= 11 is 3.33. The zero-order valence-electron chi connectivity index (χ0n) is 16.7. The fourth-order valence-corrected chi connectivity index (χ4v) is 4.22. The number of carbonyl (C=O) groups excluding carboxylic acids is 2. The number of methoxy groups -OCH3 is 1. The molecule has 0 spiro atoms. The van der Waals surface area contributed by atoms with Crippen molar-refractivity contribution in [1.82, 2.24) is 0 Å². The van der Waals surface area contributed by atoms with Crippen molar-refractivity contribution in [2.24, 2.45) is 0 Å². The molecule has 0 aliphatic carbocycles. The molecule has 0 aromatic heterocycles. The van der Waals surface area contributed by atoms with Gasteiger partial charge >= 0.3 is 0 Å². The molecule has 1 atom stereocenters.